The first-order chi connectivity index (χ1) is 7.57. The molecule has 1 N–H and O–H groups in total. The second kappa shape index (κ2) is 4.86. The lowest BCUT2D eigenvalue weighted by Crippen LogP contribution is -2.49. The van der Waals surface area contributed by atoms with Crippen LogP contribution >= 0.6 is 11.3 Å². The van der Waals surface area contributed by atoms with Crippen LogP contribution in [-0.4, -0.2) is 25.8 Å². The van der Waals surface area contributed by atoms with Crippen LogP contribution in [0.15, 0.2) is 12.1 Å². The summed E-state index contributed by atoms with van der Waals surface area (Å²) in [5.74, 6) is 0. The fourth-order valence-electron chi connectivity index (χ4n) is 1.94. The van der Waals surface area contributed by atoms with Crippen molar-refractivity contribution in [3.8, 4) is 0 Å². The first-order valence-corrected chi connectivity index (χ1v) is 6.75. The number of hydrogen-bond acceptors (Lipinski definition) is 3. The predicted molar refractivity (Wildman–Crippen MR) is 69.2 cm³/mol. The molecule has 90 valence electrons. The van der Waals surface area contributed by atoms with Crippen molar-refractivity contribution in [1.29, 1.82) is 0 Å². The molecule has 2 rings (SSSR count). The Kier molecular flexibility index (Phi) is 3.67. The van der Waals surface area contributed by atoms with Crippen LogP contribution in [-0.2, 0) is 11.2 Å². The van der Waals surface area contributed by atoms with Crippen LogP contribution in [0, 0.1) is 12.3 Å². The van der Waals surface area contributed by atoms with E-state index in [9.17, 15) is 0 Å². The maximum Gasteiger partial charge on any atom is 0.0554 e. The van der Waals surface area contributed by atoms with Crippen LogP contribution in [0.4, 0.5) is 0 Å². The van der Waals surface area contributed by atoms with Gasteiger partial charge in [-0.25, -0.2) is 0 Å². The topological polar surface area (TPSA) is 21.3 Å². The van der Waals surface area contributed by atoms with Crippen LogP contribution in [0.3, 0.4) is 0 Å². The monoisotopic (exact) mass is 239 g/mol. The standard InChI is InChI=1S/C13H21NOS/c1-10(6-12-5-4-11(2)16-12)14-7-13(3)8-15-9-13/h4-5,10,14H,6-9H2,1-3H3. The third-order valence-corrected chi connectivity index (χ3v) is 4.10. The molecule has 2 nitrogen and oxygen atoms in total. The Balaban J connectivity index is 1.73. The maximum absolute atomic E-state index is 5.25. The summed E-state index contributed by atoms with van der Waals surface area (Å²) in [6.07, 6.45) is 1.13. The van der Waals surface area contributed by atoms with Crippen LogP contribution in [0.1, 0.15) is 23.6 Å². The quantitative estimate of drug-likeness (QED) is 0.853. The Morgan fingerprint density at radius 2 is 2.25 bits per heavy atom. The van der Waals surface area contributed by atoms with Crippen LogP contribution < -0.4 is 5.32 Å². The lowest BCUT2D eigenvalue weighted by atomic mass is 9.88. The van der Waals surface area contributed by atoms with E-state index >= 15 is 0 Å². The summed E-state index contributed by atoms with van der Waals surface area (Å²) in [6.45, 7) is 9.59. The van der Waals surface area contributed by atoms with Gasteiger partial charge in [-0.3, -0.25) is 0 Å². The van der Waals surface area contributed by atoms with E-state index in [-0.39, 0.29) is 0 Å². The average molecular weight is 239 g/mol. The summed E-state index contributed by atoms with van der Waals surface area (Å²) in [4.78, 5) is 2.88. The molecule has 3 heteroatoms. The van der Waals surface area contributed by atoms with Gasteiger partial charge in [-0.1, -0.05) is 6.92 Å². The van der Waals surface area contributed by atoms with Crippen molar-refractivity contribution in [3.63, 3.8) is 0 Å². The molecule has 1 atom stereocenters. The molecule has 2 heterocycles. The molecule has 0 aliphatic carbocycles. The minimum atomic E-state index is 0.375. The Morgan fingerprint density at radius 1 is 1.50 bits per heavy atom. The predicted octanol–water partition coefficient (Wildman–Crippen LogP) is 2.61. The highest BCUT2D eigenvalue weighted by atomic mass is 32.1. The third kappa shape index (κ3) is 3.06. The van der Waals surface area contributed by atoms with Crippen molar-refractivity contribution >= 4 is 11.3 Å². The molecule has 1 aromatic rings. The largest absolute Gasteiger partial charge is 0.380 e. The summed E-state index contributed by atoms with van der Waals surface area (Å²) >= 11 is 1.90. The van der Waals surface area contributed by atoms with Crippen LogP contribution in [0.2, 0.25) is 0 Å². The van der Waals surface area contributed by atoms with Gasteiger partial charge in [0.25, 0.3) is 0 Å². The molecule has 16 heavy (non-hydrogen) atoms. The first-order valence-electron chi connectivity index (χ1n) is 5.94. The molecular formula is C13H21NOS. The summed E-state index contributed by atoms with van der Waals surface area (Å²) < 4.78 is 5.25. The molecule has 1 aliphatic rings. The van der Waals surface area contributed by atoms with Crippen molar-refractivity contribution in [2.45, 2.75) is 33.2 Å². The van der Waals surface area contributed by atoms with E-state index < -0.39 is 0 Å². The number of aryl methyl sites for hydroxylation is 1. The van der Waals surface area contributed by atoms with Gasteiger partial charge in [-0.15, -0.1) is 11.3 Å². The number of nitrogens with one attached hydrogen (secondary N) is 1. The van der Waals surface area contributed by atoms with Crippen LogP contribution in [0.5, 0.6) is 0 Å². The number of ether oxygens (including phenoxy) is 1. The van der Waals surface area contributed by atoms with Gasteiger partial charge in [0, 0.05) is 27.8 Å². The van der Waals surface area contributed by atoms with Crippen LogP contribution in [0.25, 0.3) is 0 Å². The van der Waals surface area contributed by atoms with E-state index in [1.54, 1.807) is 0 Å². The molecule has 0 bridgehead atoms. The van der Waals surface area contributed by atoms with Crippen molar-refractivity contribution in [1.82, 2.24) is 5.32 Å². The van der Waals surface area contributed by atoms with Gasteiger partial charge < -0.3 is 10.1 Å². The zero-order valence-corrected chi connectivity index (χ0v) is 11.2. The molecule has 0 aromatic carbocycles. The lowest BCUT2D eigenvalue weighted by molar-refractivity contribution is -0.0998. The molecule has 0 radical (unpaired) electrons. The Morgan fingerprint density at radius 3 is 2.75 bits per heavy atom. The van der Waals surface area contributed by atoms with E-state index in [1.807, 2.05) is 11.3 Å². The van der Waals surface area contributed by atoms with Crippen molar-refractivity contribution in [2.24, 2.45) is 5.41 Å². The minimum absolute atomic E-state index is 0.375. The van der Waals surface area contributed by atoms with Gasteiger partial charge in [-0.2, -0.15) is 0 Å². The molecule has 0 amide bonds. The van der Waals surface area contributed by atoms with E-state index in [2.05, 4.69) is 38.2 Å². The molecule has 1 aliphatic heterocycles. The van der Waals surface area contributed by atoms with E-state index in [0.29, 0.717) is 11.5 Å². The van der Waals surface area contributed by atoms with Gasteiger partial charge in [-0.05, 0) is 32.4 Å². The lowest BCUT2D eigenvalue weighted by Gasteiger charge is -2.39. The van der Waals surface area contributed by atoms with E-state index in [4.69, 9.17) is 4.74 Å². The Hall–Kier alpha value is -0.380. The molecule has 0 saturated carbocycles. The summed E-state index contributed by atoms with van der Waals surface area (Å²) in [5, 5.41) is 3.61. The molecule has 1 unspecified atom stereocenters. The molecule has 1 saturated heterocycles. The third-order valence-electron chi connectivity index (χ3n) is 3.08. The summed E-state index contributed by atoms with van der Waals surface area (Å²) in [6, 6.07) is 5.00. The van der Waals surface area contributed by atoms with Gasteiger partial charge in [0.2, 0.25) is 0 Å². The molecule has 1 aromatic heterocycles. The molecule has 1 fully saturated rings. The summed E-state index contributed by atoms with van der Waals surface area (Å²) in [7, 11) is 0. The van der Waals surface area contributed by atoms with Gasteiger partial charge in [0.05, 0.1) is 13.2 Å². The SMILES string of the molecule is Cc1ccc(CC(C)NCC2(C)COC2)s1. The first kappa shape index (κ1) is 12.1. The average Bonchev–Trinajstić information content (AvgIpc) is 2.58. The van der Waals surface area contributed by atoms with Crippen molar-refractivity contribution in [2.75, 3.05) is 19.8 Å². The fourth-order valence-corrected chi connectivity index (χ4v) is 2.96. The van der Waals surface area contributed by atoms with Gasteiger partial charge in [0.1, 0.15) is 0 Å². The molecular weight excluding hydrogens is 218 g/mol. The van der Waals surface area contributed by atoms with Gasteiger partial charge >= 0.3 is 0 Å². The Bertz CT molecular complexity index is 343. The maximum atomic E-state index is 5.25. The minimum Gasteiger partial charge on any atom is -0.380 e. The normalized spacial score (nSPS) is 20.4. The van der Waals surface area contributed by atoms with Crippen molar-refractivity contribution in [3.05, 3.63) is 21.9 Å². The zero-order chi connectivity index (χ0) is 11.6. The van der Waals surface area contributed by atoms with Gasteiger partial charge in [0.15, 0.2) is 0 Å². The number of rotatable bonds is 5. The number of thiophene rings is 1. The molecule has 0 spiro atoms. The second-order valence-corrected chi connectivity index (χ2v) is 6.67. The summed E-state index contributed by atoms with van der Waals surface area (Å²) in [5.41, 5.74) is 0.375. The van der Waals surface area contributed by atoms with E-state index in [1.165, 1.54) is 9.75 Å². The highest BCUT2D eigenvalue weighted by Crippen LogP contribution is 2.25. The second-order valence-electron chi connectivity index (χ2n) is 5.30. The van der Waals surface area contributed by atoms with Crippen molar-refractivity contribution < 1.29 is 4.74 Å². The fraction of sp³-hybridized carbons (Fsp3) is 0.692. The Labute approximate surface area is 102 Å². The highest BCUT2D eigenvalue weighted by Gasteiger charge is 2.33. The highest BCUT2D eigenvalue weighted by molar-refractivity contribution is 7.11. The smallest absolute Gasteiger partial charge is 0.0554 e. The number of hydrogen-bond donors (Lipinski definition) is 1. The zero-order valence-electron chi connectivity index (χ0n) is 10.4. The van der Waals surface area contributed by atoms with E-state index in [0.717, 1.165) is 26.2 Å².